The number of halogens is 1. The topological polar surface area (TPSA) is 62.6 Å². The van der Waals surface area contributed by atoms with Gasteiger partial charge in [0, 0.05) is 11.4 Å². The molecule has 0 aliphatic heterocycles. The van der Waals surface area contributed by atoms with E-state index in [0.29, 0.717) is 13.0 Å². The number of likely N-dealkylation sites (N-methyl/N-ethyl adjacent to an activating group) is 1. The average Bonchev–Trinajstić information content (AvgIpc) is 2.63. The summed E-state index contributed by atoms with van der Waals surface area (Å²) in [7, 11) is 1.81. The van der Waals surface area contributed by atoms with Gasteiger partial charge in [-0.05, 0) is 42.5 Å². The molecule has 0 bridgehead atoms. The van der Waals surface area contributed by atoms with Crippen molar-refractivity contribution >= 4 is 29.3 Å². The summed E-state index contributed by atoms with van der Waals surface area (Å²) in [5, 5.41) is 5.72. The van der Waals surface area contributed by atoms with Crippen LogP contribution in [0.25, 0.3) is 0 Å². The average molecular weight is 391 g/mol. The minimum Gasteiger partial charge on any atom is -0.351 e. The first-order valence-electron chi connectivity index (χ1n) is 8.73. The Kier molecular flexibility index (Phi) is 8.29. The van der Waals surface area contributed by atoms with Crippen molar-refractivity contribution in [3.05, 3.63) is 59.9 Å². The highest BCUT2D eigenvalue weighted by molar-refractivity contribution is 7.98. The molecule has 2 aromatic rings. The maximum absolute atomic E-state index is 12.9. The number of nitrogens with one attached hydrogen (secondary N) is 3. The predicted octanol–water partition coefficient (Wildman–Crippen LogP) is 1.36. The number of hydrogen-bond acceptors (Lipinski definition) is 3. The van der Waals surface area contributed by atoms with Gasteiger partial charge in [-0.15, -0.1) is 11.8 Å². The van der Waals surface area contributed by atoms with Gasteiger partial charge in [0.25, 0.3) is 11.8 Å². The number of quaternary nitrogens is 1. The fourth-order valence-electron chi connectivity index (χ4n) is 2.61. The van der Waals surface area contributed by atoms with Gasteiger partial charge in [-0.3, -0.25) is 9.59 Å². The number of hydrogen-bond donors (Lipinski definition) is 3. The molecule has 2 aromatic carbocycles. The number of para-hydroxylation sites is 1. The van der Waals surface area contributed by atoms with Crippen LogP contribution in [0.1, 0.15) is 5.56 Å². The molecule has 0 fully saturated rings. The first kappa shape index (κ1) is 20.9. The molecule has 1 atom stereocenters. The summed E-state index contributed by atoms with van der Waals surface area (Å²) in [6, 6.07) is 13.8. The molecule has 0 saturated heterocycles. The number of carbonyl (C=O) groups is 2. The van der Waals surface area contributed by atoms with E-state index in [9.17, 15) is 14.0 Å². The van der Waals surface area contributed by atoms with E-state index < -0.39 is 0 Å². The van der Waals surface area contributed by atoms with Gasteiger partial charge in [0.05, 0.1) is 12.7 Å². The molecule has 27 heavy (non-hydrogen) atoms. The van der Waals surface area contributed by atoms with E-state index >= 15 is 0 Å². The summed E-state index contributed by atoms with van der Waals surface area (Å²) in [6.45, 7) is 0.889. The molecule has 0 spiro atoms. The van der Waals surface area contributed by atoms with Gasteiger partial charge < -0.3 is 15.5 Å². The zero-order chi connectivity index (χ0) is 19.6. The van der Waals surface area contributed by atoms with Gasteiger partial charge in [0.2, 0.25) is 0 Å². The normalized spacial score (nSPS) is 11.7. The van der Waals surface area contributed by atoms with Crippen LogP contribution in [0.2, 0.25) is 0 Å². The van der Waals surface area contributed by atoms with Gasteiger partial charge in [0.1, 0.15) is 5.82 Å². The Morgan fingerprint density at radius 1 is 1.04 bits per heavy atom. The molecule has 7 heteroatoms. The second-order valence-corrected chi connectivity index (χ2v) is 7.13. The van der Waals surface area contributed by atoms with Gasteiger partial charge in [-0.1, -0.05) is 24.3 Å². The Morgan fingerprint density at radius 2 is 1.70 bits per heavy atom. The number of benzene rings is 2. The van der Waals surface area contributed by atoms with Crippen LogP contribution in [0.5, 0.6) is 0 Å². The number of thioether (sulfide) groups is 1. The number of carbonyl (C=O) groups excluding carboxylic acids is 2. The van der Waals surface area contributed by atoms with Crippen molar-refractivity contribution in [2.75, 3.05) is 38.3 Å². The number of rotatable bonds is 9. The van der Waals surface area contributed by atoms with Crippen molar-refractivity contribution in [2.24, 2.45) is 0 Å². The molecule has 144 valence electrons. The summed E-state index contributed by atoms with van der Waals surface area (Å²) in [6.07, 6.45) is 2.59. The Morgan fingerprint density at radius 3 is 2.41 bits per heavy atom. The first-order valence-corrected chi connectivity index (χ1v) is 9.95. The van der Waals surface area contributed by atoms with Gasteiger partial charge in [-0.2, -0.15) is 0 Å². The Balaban J connectivity index is 1.70. The molecular weight excluding hydrogens is 365 g/mol. The molecule has 3 N–H and O–H groups in total. The smallest absolute Gasteiger partial charge is 0.279 e. The van der Waals surface area contributed by atoms with Crippen molar-refractivity contribution in [3.8, 4) is 0 Å². The molecule has 0 saturated carbocycles. The summed E-state index contributed by atoms with van der Waals surface area (Å²) in [5.41, 5.74) is 1.75. The van der Waals surface area contributed by atoms with Crippen molar-refractivity contribution in [2.45, 2.75) is 11.3 Å². The SMILES string of the molecule is CSc1ccccc1NC(=O)C[NH+](C)CC(=O)NCCc1ccc(F)cc1. The lowest BCUT2D eigenvalue weighted by Crippen LogP contribution is -3.11. The van der Waals surface area contributed by atoms with Crippen LogP contribution in [-0.4, -0.2) is 44.8 Å². The predicted molar refractivity (Wildman–Crippen MR) is 107 cm³/mol. The molecule has 0 aliphatic carbocycles. The van der Waals surface area contributed by atoms with Gasteiger partial charge in [-0.25, -0.2) is 4.39 Å². The summed E-state index contributed by atoms with van der Waals surface area (Å²) >= 11 is 1.57. The van der Waals surface area contributed by atoms with Crippen LogP contribution in [0.4, 0.5) is 10.1 Å². The molecule has 0 aliphatic rings. The molecule has 0 heterocycles. The maximum atomic E-state index is 12.9. The standard InChI is InChI=1S/C20H24FN3O2S/c1-24(14-20(26)23-17-5-3-4-6-18(17)27-2)13-19(25)22-12-11-15-7-9-16(21)10-8-15/h3-10H,11-14H2,1-2H3,(H,22,25)(H,23,26)/p+1. The third-order valence-corrected chi connectivity index (χ3v) is 4.75. The second-order valence-electron chi connectivity index (χ2n) is 6.29. The van der Waals surface area contributed by atoms with E-state index in [4.69, 9.17) is 0 Å². The highest BCUT2D eigenvalue weighted by atomic mass is 32.2. The fourth-order valence-corrected chi connectivity index (χ4v) is 3.17. The number of amides is 2. The summed E-state index contributed by atoms with van der Waals surface area (Å²) < 4.78 is 12.9. The molecular formula is C20H25FN3O2S+. The third-order valence-electron chi connectivity index (χ3n) is 3.95. The van der Waals surface area contributed by atoms with Gasteiger partial charge >= 0.3 is 0 Å². The molecule has 2 amide bonds. The monoisotopic (exact) mass is 390 g/mol. The van der Waals surface area contributed by atoms with E-state index in [2.05, 4.69) is 10.6 Å². The molecule has 0 aromatic heterocycles. The van der Waals surface area contributed by atoms with Crippen molar-refractivity contribution in [1.29, 1.82) is 0 Å². The summed E-state index contributed by atoms with van der Waals surface area (Å²) in [4.78, 5) is 26.0. The van der Waals surface area contributed by atoms with E-state index in [-0.39, 0.29) is 30.7 Å². The fraction of sp³-hybridized carbons (Fsp3) is 0.300. The second kappa shape index (κ2) is 10.7. The van der Waals surface area contributed by atoms with Crippen LogP contribution in [0.3, 0.4) is 0 Å². The lowest BCUT2D eigenvalue weighted by molar-refractivity contribution is -0.862. The lowest BCUT2D eigenvalue weighted by atomic mass is 10.1. The minimum atomic E-state index is -0.272. The largest absolute Gasteiger partial charge is 0.351 e. The van der Waals surface area contributed by atoms with Crippen LogP contribution in [-0.2, 0) is 16.0 Å². The maximum Gasteiger partial charge on any atom is 0.279 e. The van der Waals surface area contributed by atoms with Crippen LogP contribution < -0.4 is 15.5 Å². The van der Waals surface area contributed by atoms with E-state index in [0.717, 1.165) is 21.0 Å². The molecule has 2 rings (SSSR count). The Labute approximate surface area is 163 Å². The van der Waals surface area contributed by atoms with Crippen molar-refractivity contribution in [1.82, 2.24) is 5.32 Å². The van der Waals surface area contributed by atoms with Crippen molar-refractivity contribution in [3.63, 3.8) is 0 Å². The molecule has 5 nitrogen and oxygen atoms in total. The quantitative estimate of drug-likeness (QED) is 0.567. The van der Waals surface area contributed by atoms with E-state index in [1.165, 1.54) is 12.1 Å². The van der Waals surface area contributed by atoms with Crippen LogP contribution >= 0.6 is 11.8 Å². The van der Waals surface area contributed by atoms with Gasteiger partial charge in [0.15, 0.2) is 13.1 Å². The summed E-state index contributed by atoms with van der Waals surface area (Å²) in [5.74, 6) is -0.522. The van der Waals surface area contributed by atoms with E-state index in [1.54, 1.807) is 30.9 Å². The third kappa shape index (κ3) is 7.40. The zero-order valence-corrected chi connectivity index (χ0v) is 16.4. The van der Waals surface area contributed by atoms with Crippen LogP contribution in [0, 0.1) is 5.82 Å². The Bertz CT molecular complexity index is 768. The van der Waals surface area contributed by atoms with E-state index in [1.807, 2.05) is 30.5 Å². The van der Waals surface area contributed by atoms with Crippen molar-refractivity contribution < 1.29 is 18.9 Å². The lowest BCUT2D eigenvalue weighted by Gasteiger charge is -2.14. The van der Waals surface area contributed by atoms with Crippen LogP contribution in [0.15, 0.2) is 53.4 Å². The first-order chi connectivity index (χ1) is 13.0. The zero-order valence-electron chi connectivity index (χ0n) is 15.5. The highest BCUT2D eigenvalue weighted by Gasteiger charge is 2.15. The number of anilines is 1. The highest BCUT2D eigenvalue weighted by Crippen LogP contribution is 2.24. The Hall–Kier alpha value is -2.38. The molecule has 1 unspecified atom stereocenters. The minimum absolute atomic E-state index is 0.119. The molecule has 0 radical (unpaired) electrons.